The number of carbonyl (C=O) groups is 2. The molecule has 1 aliphatic carbocycles. The van der Waals surface area contributed by atoms with Gasteiger partial charge in [0.1, 0.15) is 11.5 Å². The number of amides is 2. The molecule has 26 heavy (non-hydrogen) atoms. The third-order valence-electron chi connectivity index (χ3n) is 4.58. The van der Waals surface area contributed by atoms with Crippen molar-refractivity contribution < 1.29 is 14.0 Å². The summed E-state index contributed by atoms with van der Waals surface area (Å²) >= 11 is 1.59. The SMILES string of the molecule is CCN(CC(=O)NCc1cccs1)C(=O)/C=C/c1ccc(C2CC2C)o1. The molecule has 0 saturated heterocycles. The first kappa shape index (κ1) is 18.5. The molecule has 0 spiro atoms. The van der Waals surface area contributed by atoms with E-state index >= 15 is 0 Å². The van der Waals surface area contributed by atoms with Gasteiger partial charge in [-0.15, -0.1) is 11.3 Å². The van der Waals surface area contributed by atoms with Gasteiger partial charge in [0.25, 0.3) is 0 Å². The van der Waals surface area contributed by atoms with E-state index in [1.807, 2.05) is 36.6 Å². The van der Waals surface area contributed by atoms with Crippen molar-refractivity contribution in [3.05, 3.63) is 52.1 Å². The van der Waals surface area contributed by atoms with Crippen LogP contribution in [0, 0.1) is 5.92 Å². The number of likely N-dealkylation sites (N-methyl/N-ethyl adjacent to an activating group) is 1. The highest BCUT2D eigenvalue weighted by molar-refractivity contribution is 7.09. The lowest BCUT2D eigenvalue weighted by molar-refractivity contribution is -0.132. The molecule has 0 bridgehead atoms. The molecular formula is C20H24N2O3S. The second-order valence-electron chi connectivity index (χ2n) is 6.60. The van der Waals surface area contributed by atoms with Gasteiger partial charge in [-0.1, -0.05) is 13.0 Å². The minimum absolute atomic E-state index is 0.0496. The van der Waals surface area contributed by atoms with E-state index in [1.165, 1.54) is 17.4 Å². The van der Waals surface area contributed by atoms with E-state index in [9.17, 15) is 9.59 Å². The lowest BCUT2D eigenvalue weighted by Crippen LogP contribution is -2.39. The van der Waals surface area contributed by atoms with Crippen molar-refractivity contribution in [2.24, 2.45) is 5.92 Å². The standard InChI is InChI=1S/C20H24N2O3S/c1-3-22(13-19(23)21-12-16-5-4-10-26-16)20(24)9-7-15-6-8-18(25-15)17-11-14(17)2/h4-10,14,17H,3,11-13H2,1-2H3,(H,21,23)/b9-7+. The van der Waals surface area contributed by atoms with Crippen molar-refractivity contribution in [1.29, 1.82) is 0 Å². The van der Waals surface area contributed by atoms with Gasteiger partial charge in [0, 0.05) is 23.4 Å². The minimum atomic E-state index is -0.198. The Bertz CT molecular complexity index is 779. The van der Waals surface area contributed by atoms with E-state index in [0.717, 1.165) is 10.6 Å². The molecule has 2 aromatic rings. The fourth-order valence-electron chi connectivity index (χ4n) is 2.81. The van der Waals surface area contributed by atoms with Crippen LogP contribution in [0.4, 0.5) is 0 Å². The summed E-state index contributed by atoms with van der Waals surface area (Å²) < 4.78 is 5.77. The molecular weight excluding hydrogens is 348 g/mol. The maximum Gasteiger partial charge on any atom is 0.247 e. The zero-order valence-electron chi connectivity index (χ0n) is 15.1. The van der Waals surface area contributed by atoms with Gasteiger partial charge in [-0.25, -0.2) is 0 Å². The fraction of sp³-hybridized carbons (Fsp3) is 0.400. The number of thiophene rings is 1. The normalized spacial score (nSPS) is 18.8. The zero-order chi connectivity index (χ0) is 18.5. The molecule has 2 aromatic heterocycles. The Kier molecular flexibility index (Phi) is 5.93. The van der Waals surface area contributed by atoms with Crippen LogP contribution in [0.1, 0.15) is 42.6 Å². The number of rotatable bonds is 8. The zero-order valence-corrected chi connectivity index (χ0v) is 15.9. The highest BCUT2D eigenvalue weighted by Crippen LogP contribution is 2.47. The van der Waals surface area contributed by atoms with Crippen LogP contribution in [0.3, 0.4) is 0 Å². The van der Waals surface area contributed by atoms with Gasteiger partial charge in [-0.3, -0.25) is 9.59 Å². The van der Waals surface area contributed by atoms with Gasteiger partial charge >= 0.3 is 0 Å². The van der Waals surface area contributed by atoms with Gasteiger partial charge in [0.2, 0.25) is 11.8 Å². The van der Waals surface area contributed by atoms with Crippen LogP contribution in [-0.2, 0) is 16.1 Å². The second kappa shape index (κ2) is 8.36. The Morgan fingerprint density at radius 2 is 2.19 bits per heavy atom. The van der Waals surface area contributed by atoms with Crippen molar-refractivity contribution >= 4 is 29.2 Å². The number of hydrogen-bond acceptors (Lipinski definition) is 4. The third kappa shape index (κ3) is 4.85. The molecule has 1 aliphatic rings. The summed E-state index contributed by atoms with van der Waals surface area (Å²) in [5.41, 5.74) is 0. The van der Waals surface area contributed by atoms with Crippen molar-refractivity contribution in [2.45, 2.75) is 32.7 Å². The highest BCUT2D eigenvalue weighted by Gasteiger charge is 2.36. The molecule has 2 heterocycles. The van der Waals surface area contributed by atoms with E-state index in [0.29, 0.717) is 30.7 Å². The first-order valence-corrected chi connectivity index (χ1v) is 9.80. The molecule has 2 atom stereocenters. The Balaban J connectivity index is 1.49. The molecule has 1 saturated carbocycles. The fourth-order valence-corrected chi connectivity index (χ4v) is 3.45. The second-order valence-corrected chi connectivity index (χ2v) is 7.63. The van der Waals surface area contributed by atoms with Gasteiger partial charge in [-0.05, 0) is 48.9 Å². The Labute approximate surface area is 157 Å². The number of hydrogen-bond donors (Lipinski definition) is 1. The van der Waals surface area contributed by atoms with Crippen molar-refractivity contribution in [3.8, 4) is 0 Å². The first-order chi connectivity index (χ1) is 12.6. The summed E-state index contributed by atoms with van der Waals surface area (Å²) in [5, 5.41) is 4.81. The first-order valence-electron chi connectivity index (χ1n) is 8.92. The van der Waals surface area contributed by atoms with E-state index in [2.05, 4.69) is 12.2 Å². The number of carbonyl (C=O) groups excluding carboxylic acids is 2. The predicted molar refractivity (Wildman–Crippen MR) is 103 cm³/mol. The minimum Gasteiger partial charge on any atom is -0.461 e. The number of nitrogens with zero attached hydrogens (tertiary/aromatic N) is 1. The molecule has 3 rings (SSSR count). The summed E-state index contributed by atoms with van der Waals surface area (Å²) in [6.45, 7) is 5.08. The van der Waals surface area contributed by atoms with Crippen LogP contribution in [0.25, 0.3) is 6.08 Å². The molecule has 1 fully saturated rings. The maximum absolute atomic E-state index is 12.3. The van der Waals surface area contributed by atoms with Gasteiger partial charge in [-0.2, -0.15) is 0 Å². The van der Waals surface area contributed by atoms with Crippen molar-refractivity contribution in [3.63, 3.8) is 0 Å². The molecule has 2 unspecified atom stereocenters. The maximum atomic E-state index is 12.3. The monoisotopic (exact) mass is 372 g/mol. The summed E-state index contributed by atoms with van der Waals surface area (Å²) in [6.07, 6.45) is 4.31. The molecule has 0 radical (unpaired) electrons. The van der Waals surface area contributed by atoms with Crippen molar-refractivity contribution in [2.75, 3.05) is 13.1 Å². The summed E-state index contributed by atoms with van der Waals surface area (Å²) in [4.78, 5) is 27.0. The van der Waals surface area contributed by atoms with Crippen LogP contribution >= 0.6 is 11.3 Å². The third-order valence-corrected chi connectivity index (χ3v) is 5.46. The largest absolute Gasteiger partial charge is 0.461 e. The van der Waals surface area contributed by atoms with Crippen molar-refractivity contribution in [1.82, 2.24) is 10.2 Å². The van der Waals surface area contributed by atoms with Crippen LogP contribution < -0.4 is 5.32 Å². The average Bonchev–Trinajstić information content (AvgIpc) is 3.07. The molecule has 0 aliphatic heterocycles. The Morgan fingerprint density at radius 3 is 2.85 bits per heavy atom. The van der Waals surface area contributed by atoms with Gasteiger partial charge in [0.15, 0.2) is 0 Å². The lowest BCUT2D eigenvalue weighted by atomic mass is 10.3. The van der Waals surface area contributed by atoms with Gasteiger partial charge in [0.05, 0.1) is 13.1 Å². The summed E-state index contributed by atoms with van der Waals surface area (Å²) in [5.74, 6) is 2.51. The predicted octanol–water partition coefficient (Wildman–Crippen LogP) is 3.64. The smallest absolute Gasteiger partial charge is 0.247 e. The number of nitrogens with one attached hydrogen (secondary N) is 1. The molecule has 0 aromatic carbocycles. The molecule has 1 N–H and O–H groups in total. The average molecular weight is 372 g/mol. The molecule has 2 amide bonds. The van der Waals surface area contributed by atoms with Crippen LogP contribution in [0.2, 0.25) is 0 Å². The quantitative estimate of drug-likeness (QED) is 0.720. The summed E-state index contributed by atoms with van der Waals surface area (Å²) in [7, 11) is 0. The van der Waals surface area contributed by atoms with E-state index in [-0.39, 0.29) is 18.4 Å². The topological polar surface area (TPSA) is 62.6 Å². The highest BCUT2D eigenvalue weighted by atomic mass is 32.1. The van der Waals surface area contributed by atoms with E-state index < -0.39 is 0 Å². The Hall–Kier alpha value is -2.34. The van der Waals surface area contributed by atoms with E-state index in [4.69, 9.17) is 4.42 Å². The van der Waals surface area contributed by atoms with Crippen LogP contribution in [-0.4, -0.2) is 29.8 Å². The van der Waals surface area contributed by atoms with E-state index in [1.54, 1.807) is 17.4 Å². The Morgan fingerprint density at radius 1 is 1.38 bits per heavy atom. The van der Waals surface area contributed by atoms with Crippen LogP contribution in [0.15, 0.2) is 40.1 Å². The molecule has 5 nitrogen and oxygen atoms in total. The molecule has 138 valence electrons. The lowest BCUT2D eigenvalue weighted by Gasteiger charge is -2.18. The molecule has 6 heteroatoms. The van der Waals surface area contributed by atoms with Crippen LogP contribution in [0.5, 0.6) is 0 Å². The summed E-state index contributed by atoms with van der Waals surface area (Å²) in [6, 6.07) is 7.78. The van der Waals surface area contributed by atoms with Gasteiger partial charge < -0.3 is 14.6 Å². The number of furan rings is 1.